The lowest BCUT2D eigenvalue weighted by atomic mass is 10.1. The minimum absolute atomic E-state index is 0.462. The predicted octanol–water partition coefficient (Wildman–Crippen LogP) is 1.32. The van der Waals surface area contributed by atoms with Gasteiger partial charge in [0.05, 0.1) is 11.6 Å². The smallest absolute Gasteiger partial charge is 0.240 e. The molecular formula is C9H7ClN2O. The van der Waals surface area contributed by atoms with E-state index in [0.717, 1.165) is 0 Å². The number of halogens is 1. The van der Waals surface area contributed by atoms with Crippen LogP contribution in [0.3, 0.4) is 0 Å². The van der Waals surface area contributed by atoms with E-state index in [1.54, 1.807) is 24.3 Å². The Labute approximate surface area is 80.7 Å². The first-order valence-corrected chi connectivity index (χ1v) is 4.02. The van der Waals surface area contributed by atoms with Crippen LogP contribution in [0.5, 0.6) is 0 Å². The van der Waals surface area contributed by atoms with Gasteiger partial charge in [0.2, 0.25) is 5.91 Å². The SMILES string of the molecule is N#Cc1cccc([C@@H](Cl)C(N)=O)c1. The molecule has 0 aliphatic rings. The third kappa shape index (κ3) is 2.20. The minimum atomic E-state index is -0.867. The van der Waals surface area contributed by atoms with Crippen LogP contribution in [0.1, 0.15) is 16.5 Å². The molecule has 0 aliphatic carbocycles. The fourth-order valence-electron chi connectivity index (χ4n) is 0.930. The second kappa shape index (κ2) is 3.92. The van der Waals surface area contributed by atoms with Crippen molar-refractivity contribution in [3.8, 4) is 6.07 Å². The van der Waals surface area contributed by atoms with Crippen molar-refractivity contribution < 1.29 is 4.79 Å². The summed E-state index contributed by atoms with van der Waals surface area (Å²) in [7, 11) is 0. The molecule has 1 atom stereocenters. The number of benzene rings is 1. The molecule has 1 aromatic carbocycles. The lowest BCUT2D eigenvalue weighted by Gasteiger charge is -2.04. The first-order valence-electron chi connectivity index (χ1n) is 3.58. The average molecular weight is 195 g/mol. The third-order valence-corrected chi connectivity index (χ3v) is 2.03. The van der Waals surface area contributed by atoms with E-state index in [1.807, 2.05) is 6.07 Å². The van der Waals surface area contributed by atoms with Gasteiger partial charge in [-0.25, -0.2) is 0 Å². The lowest BCUT2D eigenvalue weighted by Crippen LogP contribution is -2.16. The van der Waals surface area contributed by atoms with Crippen LogP contribution in [0.2, 0.25) is 0 Å². The van der Waals surface area contributed by atoms with Crippen LogP contribution in [0.15, 0.2) is 24.3 Å². The van der Waals surface area contributed by atoms with Crippen LogP contribution in [0, 0.1) is 11.3 Å². The number of nitrogens with zero attached hydrogens (tertiary/aromatic N) is 1. The van der Waals surface area contributed by atoms with Gasteiger partial charge in [-0.15, -0.1) is 11.6 Å². The second-order valence-corrected chi connectivity index (χ2v) is 2.94. The summed E-state index contributed by atoms with van der Waals surface area (Å²) in [5, 5.41) is 7.71. The Bertz CT molecular complexity index is 370. The van der Waals surface area contributed by atoms with Crippen molar-refractivity contribution in [2.24, 2.45) is 5.73 Å². The van der Waals surface area contributed by atoms with Crippen LogP contribution >= 0.6 is 11.6 Å². The Morgan fingerprint density at radius 2 is 2.31 bits per heavy atom. The lowest BCUT2D eigenvalue weighted by molar-refractivity contribution is -0.117. The van der Waals surface area contributed by atoms with Crippen molar-refractivity contribution in [1.82, 2.24) is 0 Å². The molecule has 0 spiro atoms. The average Bonchev–Trinajstić information content (AvgIpc) is 2.16. The van der Waals surface area contributed by atoms with Crippen LogP contribution in [0.4, 0.5) is 0 Å². The standard InChI is InChI=1S/C9H7ClN2O/c10-8(9(12)13)7-3-1-2-6(4-7)5-11/h1-4,8H,(H2,12,13)/t8-/m1/s1. The number of rotatable bonds is 2. The number of alkyl halides is 1. The van der Waals surface area contributed by atoms with Crippen molar-refractivity contribution >= 4 is 17.5 Å². The monoisotopic (exact) mass is 194 g/mol. The fraction of sp³-hybridized carbons (Fsp3) is 0.111. The maximum Gasteiger partial charge on any atom is 0.240 e. The van der Waals surface area contributed by atoms with Crippen molar-refractivity contribution in [2.45, 2.75) is 5.38 Å². The minimum Gasteiger partial charge on any atom is -0.368 e. The molecule has 0 saturated heterocycles. The molecule has 0 heterocycles. The maximum atomic E-state index is 10.7. The molecule has 1 amide bonds. The molecule has 0 aliphatic heterocycles. The summed E-state index contributed by atoms with van der Waals surface area (Å²) in [5.74, 6) is -0.614. The van der Waals surface area contributed by atoms with E-state index in [2.05, 4.69) is 0 Å². The van der Waals surface area contributed by atoms with Gasteiger partial charge in [-0.3, -0.25) is 4.79 Å². The van der Waals surface area contributed by atoms with Crippen LogP contribution in [-0.4, -0.2) is 5.91 Å². The number of hydrogen-bond acceptors (Lipinski definition) is 2. The molecule has 3 nitrogen and oxygen atoms in total. The summed E-state index contributed by atoms with van der Waals surface area (Å²) in [6.07, 6.45) is 0. The van der Waals surface area contributed by atoms with Gasteiger partial charge in [0.25, 0.3) is 0 Å². The van der Waals surface area contributed by atoms with Gasteiger partial charge in [0.15, 0.2) is 0 Å². The topological polar surface area (TPSA) is 66.9 Å². The number of hydrogen-bond donors (Lipinski definition) is 1. The molecule has 2 N–H and O–H groups in total. The van der Waals surface area contributed by atoms with E-state index in [1.165, 1.54) is 0 Å². The Morgan fingerprint density at radius 3 is 2.85 bits per heavy atom. The second-order valence-electron chi connectivity index (χ2n) is 2.50. The summed E-state index contributed by atoms with van der Waals surface area (Å²) >= 11 is 5.69. The highest BCUT2D eigenvalue weighted by molar-refractivity contribution is 6.30. The number of carbonyl (C=O) groups excluding carboxylic acids is 1. The summed E-state index contributed by atoms with van der Waals surface area (Å²) in [4.78, 5) is 10.7. The Balaban J connectivity index is 3.03. The quantitative estimate of drug-likeness (QED) is 0.722. The highest BCUT2D eigenvalue weighted by Crippen LogP contribution is 2.20. The van der Waals surface area contributed by atoms with Gasteiger partial charge in [-0.05, 0) is 17.7 Å². The van der Waals surface area contributed by atoms with Crippen molar-refractivity contribution in [1.29, 1.82) is 5.26 Å². The van der Waals surface area contributed by atoms with Gasteiger partial charge in [-0.1, -0.05) is 12.1 Å². The molecule has 13 heavy (non-hydrogen) atoms. The van der Waals surface area contributed by atoms with Crippen LogP contribution < -0.4 is 5.73 Å². The van der Waals surface area contributed by atoms with Crippen LogP contribution in [0.25, 0.3) is 0 Å². The third-order valence-electron chi connectivity index (χ3n) is 1.56. The van der Waals surface area contributed by atoms with E-state index < -0.39 is 11.3 Å². The summed E-state index contributed by atoms with van der Waals surface area (Å²) in [6, 6.07) is 8.44. The molecule has 1 rings (SSSR count). The number of primary amides is 1. The molecule has 0 aromatic heterocycles. The number of carbonyl (C=O) groups is 1. The molecule has 4 heteroatoms. The van der Waals surface area contributed by atoms with E-state index in [4.69, 9.17) is 22.6 Å². The van der Waals surface area contributed by atoms with Gasteiger partial charge in [0.1, 0.15) is 5.38 Å². The number of nitriles is 1. The van der Waals surface area contributed by atoms with Crippen molar-refractivity contribution in [3.63, 3.8) is 0 Å². The normalized spacial score (nSPS) is 11.7. The number of nitrogens with two attached hydrogens (primary N) is 1. The molecule has 0 radical (unpaired) electrons. The maximum absolute atomic E-state index is 10.7. The van der Waals surface area contributed by atoms with E-state index >= 15 is 0 Å². The van der Waals surface area contributed by atoms with Gasteiger partial charge in [-0.2, -0.15) is 5.26 Å². The Kier molecular flexibility index (Phi) is 2.88. The molecule has 1 aromatic rings. The highest BCUT2D eigenvalue weighted by atomic mass is 35.5. The van der Waals surface area contributed by atoms with E-state index in [0.29, 0.717) is 11.1 Å². The van der Waals surface area contributed by atoms with E-state index in [-0.39, 0.29) is 0 Å². The molecule has 0 saturated carbocycles. The molecule has 0 bridgehead atoms. The fourth-order valence-corrected chi connectivity index (χ4v) is 1.07. The Morgan fingerprint density at radius 1 is 1.62 bits per heavy atom. The van der Waals surface area contributed by atoms with Gasteiger partial charge in [0, 0.05) is 0 Å². The first kappa shape index (κ1) is 9.56. The Hall–Kier alpha value is -1.53. The zero-order valence-corrected chi connectivity index (χ0v) is 7.45. The molecule has 66 valence electrons. The largest absolute Gasteiger partial charge is 0.368 e. The molecular weight excluding hydrogens is 188 g/mol. The van der Waals surface area contributed by atoms with Gasteiger partial charge >= 0.3 is 0 Å². The number of amides is 1. The predicted molar refractivity (Wildman–Crippen MR) is 48.9 cm³/mol. The molecule has 0 unspecified atom stereocenters. The molecule has 0 fully saturated rings. The van der Waals surface area contributed by atoms with Crippen molar-refractivity contribution in [2.75, 3.05) is 0 Å². The summed E-state index contributed by atoms with van der Waals surface area (Å²) < 4.78 is 0. The zero-order chi connectivity index (χ0) is 9.84. The summed E-state index contributed by atoms with van der Waals surface area (Å²) in [5.41, 5.74) is 6.02. The summed E-state index contributed by atoms with van der Waals surface area (Å²) in [6.45, 7) is 0. The first-order chi connectivity index (χ1) is 6.15. The highest BCUT2D eigenvalue weighted by Gasteiger charge is 2.13. The zero-order valence-electron chi connectivity index (χ0n) is 6.70. The van der Waals surface area contributed by atoms with Crippen molar-refractivity contribution in [3.05, 3.63) is 35.4 Å². The van der Waals surface area contributed by atoms with Crippen LogP contribution in [-0.2, 0) is 4.79 Å². The van der Waals surface area contributed by atoms with E-state index in [9.17, 15) is 4.79 Å². The van der Waals surface area contributed by atoms with Gasteiger partial charge < -0.3 is 5.73 Å².